The lowest BCUT2D eigenvalue weighted by atomic mass is 9.78. The van der Waals surface area contributed by atoms with Crippen LogP contribution in [0.4, 0.5) is 8.78 Å². The van der Waals surface area contributed by atoms with Crippen LogP contribution >= 0.6 is 0 Å². The van der Waals surface area contributed by atoms with E-state index in [0.29, 0.717) is 18.4 Å². The Bertz CT molecular complexity index is 944. The van der Waals surface area contributed by atoms with E-state index in [9.17, 15) is 13.6 Å². The molecule has 0 radical (unpaired) electrons. The normalized spacial score (nSPS) is 15.5. The van der Waals surface area contributed by atoms with Gasteiger partial charge in [0.25, 0.3) is 5.91 Å². The number of rotatable bonds is 5. The zero-order valence-corrected chi connectivity index (χ0v) is 15.2. The molecule has 1 fully saturated rings. The first-order valence-corrected chi connectivity index (χ1v) is 9.27. The van der Waals surface area contributed by atoms with Crippen molar-refractivity contribution < 1.29 is 13.6 Å². The van der Waals surface area contributed by atoms with E-state index in [2.05, 4.69) is 15.4 Å². The third-order valence-electron chi connectivity index (χ3n) is 5.45. The number of carbonyl (C=O) groups is 1. The predicted octanol–water partition coefficient (Wildman–Crippen LogP) is 3.79. The van der Waals surface area contributed by atoms with Gasteiger partial charge in [0.2, 0.25) is 0 Å². The van der Waals surface area contributed by atoms with E-state index in [1.165, 1.54) is 24.5 Å². The first kappa shape index (κ1) is 18.3. The van der Waals surface area contributed by atoms with E-state index < -0.39 is 17.0 Å². The van der Waals surface area contributed by atoms with E-state index in [1.54, 1.807) is 35.3 Å². The summed E-state index contributed by atoms with van der Waals surface area (Å²) in [6.45, 7) is 0.203. The third-order valence-corrected chi connectivity index (χ3v) is 5.45. The summed E-state index contributed by atoms with van der Waals surface area (Å²) in [7, 11) is 0. The van der Waals surface area contributed by atoms with Gasteiger partial charge in [0.1, 0.15) is 24.3 Å². The van der Waals surface area contributed by atoms with Crippen LogP contribution in [0.3, 0.4) is 0 Å². The highest BCUT2D eigenvalue weighted by Crippen LogP contribution is 2.42. The fourth-order valence-corrected chi connectivity index (χ4v) is 4.03. The molecule has 0 aliphatic heterocycles. The molecule has 1 aromatic heterocycles. The van der Waals surface area contributed by atoms with Crippen molar-refractivity contribution in [2.24, 2.45) is 0 Å². The fourth-order valence-electron chi connectivity index (χ4n) is 4.03. The summed E-state index contributed by atoms with van der Waals surface area (Å²) in [5, 5.41) is 6.92. The molecule has 1 heterocycles. The molecule has 1 amide bonds. The van der Waals surface area contributed by atoms with Crippen molar-refractivity contribution >= 4 is 5.91 Å². The number of carbonyl (C=O) groups excluding carboxylic acids is 1. The van der Waals surface area contributed by atoms with Gasteiger partial charge in [-0.25, -0.2) is 18.4 Å². The quantitative estimate of drug-likeness (QED) is 0.730. The monoisotopic (exact) mass is 382 g/mol. The van der Waals surface area contributed by atoms with Gasteiger partial charge in [-0.3, -0.25) is 4.79 Å². The maximum absolute atomic E-state index is 14.4. The van der Waals surface area contributed by atoms with Gasteiger partial charge in [0.05, 0.1) is 5.69 Å². The topological polar surface area (TPSA) is 59.8 Å². The number of amides is 1. The summed E-state index contributed by atoms with van der Waals surface area (Å²) in [6, 6.07) is 10.9. The molecule has 1 aliphatic carbocycles. The summed E-state index contributed by atoms with van der Waals surface area (Å²) in [5.41, 5.74) is 0.654. The standard InChI is InChI=1S/C21H20F2N4O/c22-17-4-3-5-18(23)19(17)21(10-1-2-11-21)12-25-20(28)15-6-8-16(9-7-15)27-14-24-13-26-27/h3-9,13-14H,1-2,10-12H2,(H,25,28). The molecule has 7 heteroatoms. The van der Waals surface area contributed by atoms with E-state index in [0.717, 1.165) is 18.5 Å². The van der Waals surface area contributed by atoms with Gasteiger partial charge in [-0.1, -0.05) is 18.9 Å². The molecular weight excluding hydrogens is 362 g/mol. The van der Waals surface area contributed by atoms with Crippen molar-refractivity contribution in [2.45, 2.75) is 31.1 Å². The average molecular weight is 382 g/mol. The van der Waals surface area contributed by atoms with E-state index in [1.807, 2.05) is 0 Å². The molecular formula is C21H20F2N4O. The Labute approximate surface area is 161 Å². The van der Waals surface area contributed by atoms with Gasteiger partial charge in [-0.15, -0.1) is 0 Å². The zero-order chi connectivity index (χ0) is 19.6. The predicted molar refractivity (Wildman–Crippen MR) is 100 cm³/mol. The van der Waals surface area contributed by atoms with Gasteiger partial charge < -0.3 is 5.32 Å². The number of hydrogen-bond donors (Lipinski definition) is 1. The minimum Gasteiger partial charge on any atom is -0.351 e. The van der Waals surface area contributed by atoms with Gasteiger partial charge in [0, 0.05) is 23.1 Å². The Morgan fingerprint density at radius 1 is 1.07 bits per heavy atom. The lowest BCUT2D eigenvalue weighted by Crippen LogP contribution is -2.40. The second-order valence-electron chi connectivity index (χ2n) is 7.15. The first-order valence-electron chi connectivity index (χ1n) is 9.27. The largest absolute Gasteiger partial charge is 0.351 e. The van der Waals surface area contributed by atoms with E-state index >= 15 is 0 Å². The third kappa shape index (κ3) is 3.40. The Morgan fingerprint density at radius 2 is 1.75 bits per heavy atom. The number of halogens is 2. The van der Waals surface area contributed by atoms with Crippen molar-refractivity contribution in [1.82, 2.24) is 20.1 Å². The van der Waals surface area contributed by atoms with Crippen LogP contribution in [-0.2, 0) is 5.41 Å². The molecule has 0 unspecified atom stereocenters. The molecule has 144 valence electrons. The van der Waals surface area contributed by atoms with Gasteiger partial charge in [-0.05, 0) is 49.2 Å². The highest BCUT2D eigenvalue weighted by molar-refractivity contribution is 5.94. The number of nitrogens with zero attached hydrogens (tertiary/aromatic N) is 3. The summed E-state index contributed by atoms with van der Waals surface area (Å²) in [4.78, 5) is 16.5. The fraction of sp³-hybridized carbons (Fsp3) is 0.286. The van der Waals surface area contributed by atoms with Crippen molar-refractivity contribution in [1.29, 1.82) is 0 Å². The van der Waals surface area contributed by atoms with Crippen molar-refractivity contribution in [3.8, 4) is 5.69 Å². The first-order chi connectivity index (χ1) is 13.6. The van der Waals surface area contributed by atoms with Crippen LogP contribution in [0.15, 0.2) is 55.1 Å². The number of aromatic nitrogens is 3. The molecule has 1 N–H and O–H groups in total. The van der Waals surface area contributed by atoms with Gasteiger partial charge in [0.15, 0.2) is 0 Å². The minimum absolute atomic E-state index is 0.0920. The molecule has 0 spiro atoms. The second-order valence-corrected chi connectivity index (χ2v) is 7.15. The van der Waals surface area contributed by atoms with Gasteiger partial charge in [-0.2, -0.15) is 5.10 Å². The maximum atomic E-state index is 14.4. The minimum atomic E-state index is -0.703. The highest BCUT2D eigenvalue weighted by Gasteiger charge is 2.40. The Balaban J connectivity index is 1.51. The second kappa shape index (κ2) is 7.50. The molecule has 0 saturated heterocycles. The summed E-state index contributed by atoms with van der Waals surface area (Å²) < 4.78 is 30.4. The van der Waals surface area contributed by atoms with Crippen LogP contribution in [0.2, 0.25) is 0 Å². The molecule has 1 aliphatic rings. The molecule has 5 nitrogen and oxygen atoms in total. The Kier molecular flexibility index (Phi) is 4.90. The summed E-state index contributed by atoms with van der Waals surface area (Å²) in [6.07, 6.45) is 6.07. The van der Waals surface area contributed by atoms with Crippen molar-refractivity contribution in [3.05, 3.63) is 77.9 Å². The Morgan fingerprint density at radius 3 is 2.36 bits per heavy atom. The molecule has 4 rings (SSSR count). The summed E-state index contributed by atoms with van der Waals surface area (Å²) in [5.74, 6) is -1.37. The lowest BCUT2D eigenvalue weighted by Gasteiger charge is -2.30. The average Bonchev–Trinajstić information content (AvgIpc) is 3.39. The van der Waals surface area contributed by atoms with Crippen LogP contribution in [0, 0.1) is 11.6 Å². The zero-order valence-electron chi connectivity index (χ0n) is 15.2. The van der Waals surface area contributed by atoms with Crippen LogP contribution in [0.1, 0.15) is 41.6 Å². The SMILES string of the molecule is O=C(NCC1(c2c(F)cccc2F)CCCC1)c1ccc(-n2cncn2)cc1. The van der Waals surface area contributed by atoms with Crippen LogP contribution in [0.25, 0.3) is 5.69 Å². The Hall–Kier alpha value is -3.09. The van der Waals surface area contributed by atoms with E-state index in [4.69, 9.17) is 0 Å². The van der Waals surface area contributed by atoms with Crippen molar-refractivity contribution in [3.63, 3.8) is 0 Å². The van der Waals surface area contributed by atoms with Crippen LogP contribution < -0.4 is 5.32 Å². The molecule has 0 atom stereocenters. The number of benzene rings is 2. The number of hydrogen-bond acceptors (Lipinski definition) is 3. The molecule has 28 heavy (non-hydrogen) atoms. The van der Waals surface area contributed by atoms with Crippen LogP contribution in [0.5, 0.6) is 0 Å². The maximum Gasteiger partial charge on any atom is 0.251 e. The van der Waals surface area contributed by atoms with Crippen LogP contribution in [-0.4, -0.2) is 27.2 Å². The smallest absolute Gasteiger partial charge is 0.251 e. The number of nitrogens with one attached hydrogen (secondary N) is 1. The highest BCUT2D eigenvalue weighted by atomic mass is 19.1. The lowest BCUT2D eigenvalue weighted by molar-refractivity contribution is 0.0942. The molecule has 1 saturated carbocycles. The summed E-state index contributed by atoms with van der Waals surface area (Å²) >= 11 is 0. The van der Waals surface area contributed by atoms with Crippen molar-refractivity contribution in [2.75, 3.05) is 6.54 Å². The molecule has 0 bridgehead atoms. The van der Waals surface area contributed by atoms with E-state index in [-0.39, 0.29) is 18.0 Å². The molecule has 2 aromatic carbocycles. The van der Waals surface area contributed by atoms with Gasteiger partial charge >= 0.3 is 0 Å². The molecule has 3 aromatic rings.